The van der Waals surface area contributed by atoms with Crippen LogP contribution in [0.15, 0.2) is 43.4 Å². The van der Waals surface area contributed by atoms with Crippen LogP contribution in [0, 0.1) is 6.92 Å². The van der Waals surface area contributed by atoms with E-state index in [2.05, 4.69) is 30.8 Å². The smallest absolute Gasteiger partial charge is 0.417 e. The lowest BCUT2D eigenvalue weighted by atomic mass is 9.84. The van der Waals surface area contributed by atoms with Crippen molar-refractivity contribution in [3.8, 4) is 0 Å². The fourth-order valence-electron chi connectivity index (χ4n) is 8.17. The number of carboxylic acids is 2. The van der Waals surface area contributed by atoms with Gasteiger partial charge in [-0.1, -0.05) is 40.2 Å². The number of carboxylic acid groups (broad SMARTS) is 2. The van der Waals surface area contributed by atoms with Crippen LogP contribution in [-0.2, 0) is 60.0 Å². The molecule has 318 valence electrons. The summed E-state index contributed by atoms with van der Waals surface area (Å²) in [5, 5.41) is 15.6. The Kier molecular flexibility index (Phi) is 15.1. The minimum Gasteiger partial charge on any atom is -0.473 e. The van der Waals surface area contributed by atoms with Crippen LogP contribution in [0.25, 0.3) is 0 Å². The molecule has 16 nitrogen and oxygen atoms in total. The van der Waals surface area contributed by atoms with E-state index in [9.17, 15) is 32.3 Å². The van der Waals surface area contributed by atoms with Gasteiger partial charge in [0, 0.05) is 75.8 Å². The molecule has 0 aliphatic carbocycles. The number of carbonyl (C=O) groups is 2. The maximum absolute atomic E-state index is 14.4. The number of nitrogens with zero attached hydrogens (tertiary/aromatic N) is 7. The number of halogens is 4. The van der Waals surface area contributed by atoms with Crippen molar-refractivity contribution >= 4 is 27.9 Å². The Balaban J connectivity index is 0.000000240. The number of piperidine rings is 1. The fourth-order valence-corrected chi connectivity index (χ4v) is 8.42. The van der Waals surface area contributed by atoms with Gasteiger partial charge in [0.05, 0.1) is 6.61 Å². The van der Waals surface area contributed by atoms with Gasteiger partial charge in [-0.05, 0) is 69.4 Å². The predicted octanol–water partition coefficient (Wildman–Crippen LogP) is 3.27. The van der Waals surface area contributed by atoms with Crippen molar-refractivity contribution in [3.05, 3.63) is 89.0 Å². The van der Waals surface area contributed by atoms with E-state index in [4.69, 9.17) is 24.5 Å². The molecule has 2 N–H and O–H groups in total. The molecule has 2 aromatic heterocycles. The van der Waals surface area contributed by atoms with Gasteiger partial charge in [0.2, 0.25) is 0 Å². The number of aryl methyl sites for hydroxylation is 3. The van der Waals surface area contributed by atoms with Crippen molar-refractivity contribution in [1.82, 2.24) is 33.1 Å². The molecule has 0 spiro atoms. The van der Waals surface area contributed by atoms with Gasteiger partial charge in [-0.25, -0.2) is 37.9 Å². The Hall–Kier alpha value is -4.43. The second-order valence-electron chi connectivity index (χ2n) is 15.0. The predicted molar refractivity (Wildman–Crippen MR) is 207 cm³/mol. The monoisotopic (exact) mass is 883 g/mol. The largest absolute Gasteiger partial charge is 0.473 e. The molecule has 7 rings (SSSR count). The summed E-state index contributed by atoms with van der Waals surface area (Å²) in [5.41, 5.74) is -1.93. The Morgan fingerprint density at radius 3 is 1.78 bits per heavy atom. The molecule has 0 amide bonds. The topological polar surface area (TPSA) is 201 Å². The van der Waals surface area contributed by atoms with E-state index < -0.39 is 35.1 Å². The van der Waals surface area contributed by atoms with Gasteiger partial charge in [0.15, 0.2) is 5.60 Å². The van der Waals surface area contributed by atoms with Gasteiger partial charge in [-0.2, -0.15) is 23.1 Å². The summed E-state index contributed by atoms with van der Waals surface area (Å²) in [5.74, 6) is -2.45. The summed E-state index contributed by atoms with van der Waals surface area (Å²) in [6, 6.07) is 6.89. The quantitative estimate of drug-likeness (QED) is 0.223. The number of benzene rings is 1. The van der Waals surface area contributed by atoms with Crippen LogP contribution in [0.2, 0.25) is 0 Å². The van der Waals surface area contributed by atoms with E-state index in [1.807, 2.05) is 31.2 Å². The Labute approximate surface area is 339 Å². The number of hydrogen-bond donors (Lipinski definition) is 2. The van der Waals surface area contributed by atoms with Crippen LogP contribution in [0.3, 0.4) is 0 Å². The third kappa shape index (κ3) is 10.4. The van der Waals surface area contributed by atoms with E-state index in [1.54, 1.807) is 9.13 Å². The van der Waals surface area contributed by atoms with Crippen molar-refractivity contribution in [2.45, 2.75) is 141 Å². The average molecular weight is 885 g/mol. The molecule has 2 atom stereocenters. The lowest BCUT2D eigenvalue weighted by Gasteiger charge is -2.47. The van der Waals surface area contributed by atoms with Gasteiger partial charge in [0.1, 0.15) is 11.6 Å². The van der Waals surface area contributed by atoms with Crippen LogP contribution < -0.4 is 22.8 Å². The molecule has 2 fully saturated rings. The number of aliphatic carboxylic acids is 2. The minimum atomic E-state index is -4.46. The first kappa shape index (κ1) is 44.7. The first-order valence-corrected chi connectivity index (χ1v) is 20.6. The molecule has 2 unspecified atom stereocenters. The minimum absolute atomic E-state index is 0.0657. The normalized spacial score (nSPS) is 21.1. The average Bonchev–Trinajstić information content (AvgIpc) is 3.42. The highest BCUT2D eigenvalue weighted by molar-refractivity contribution is 9.09. The summed E-state index contributed by atoms with van der Waals surface area (Å²) in [6.07, 6.45) is 3.18. The molecule has 3 aromatic rings. The van der Waals surface area contributed by atoms with Crippen LogP contribution in [0.5, 0.6) is 0 Å². The molecular formula is C38H49BrF3N7O9. The molecule has 4 aliphatic rings. The van der Waals surface area contributed by atoms with Crippen molar-refractivity contribution in [1.29, 1.82) is 0 Å². The van der Waals surface area contributed by atoms with Crippen LogP contribution in [-0.4, -0.2) is 91.0 Å². The summed E-state index contributed by atoms with van der Waals surface area (Å²) in [4.78, 5) is 77.3. The lowest BCUT2D eigenvalue weighted by molar-refractivity contribution is -0.300. The first-order valence-electron chi connectivity index (χ1n) is 19.5. The molecule has 2 saturated heterocycles. The lowest BCUT2D eigenvalue weighted by Crippen LogP contribution is -2.59. The van der Waals surface area contributed by atoms with E-state index in [1.165, 1.54) is 9.13 Å². The zero-order valence-corrected chi connectivity index (χ0v) is 33.9. The zero-order valence-electron chi connectivity index (χ0n) is 32.3. The highest BCUT2D eigenvalue weighted by atomic mass is 79.9. The van der Waals surface area contributed by atoms with Crippen molar-refractivity contribution in [3.63, 3.8) is 0 Å². The Morgan fingerprint density at radius 2 is 1.31 bits per heavy atom. The maximum atomic E-state index is 14.4. The molecule has 20 heteroatoms. The van der Waals surface area contributed by atoms with E-state index >= 15 is 0 Å². The van der Waals surface area contributed by atoms with Gasteiger partial charge in [-0.3, -0.25) is 14.0 Å². The second-order valence-corrected chi connectivity index (χ2v) is 15.7. The number of fused-ring (bicyclic) bond motifs is 4. The number of aromatic nitrogens is 6. The van der Waals surface area contributed by atoms with Crippen LogP contribution >= 0.6 is 15.9 Å². The molecule has 0 saturated carbocycles. The molecule has 2 bridgehead atoms. The van der Waals surface area contributed by atoms with E-state index in [0.29, 0.717) is 63.5 Å². The van der Waals surface area contributed by atoms with Crippen LogP contribution in [0.4, 0.5) is 13.2 Å². The van der Waals surface area contributed by atoms with Gasteiger partial charge in [-0.15, -0.1) is 0 Å². The van der Waals surface area contributed by atoms with Gasteiger partial charge >= 0.3 is 40.9 Å². The number of rotatable bonds is 10. The molecule has 1 aromatic carbocycles. The van der Waals surface area contributed by atoms with Gasteiger partial charge < -0.3 is 14.9 Å². The molecule has 4 aliphatic heterocycles. The number of alkyl halides is 4. The molecule has 58 heavy (non-hydrogen) atoms. The Bertz CT molecular complexity index is 2160. The number of hydrogen-bond acceptors (Lipinski definition) is 10. The summed E-state index contributed by atoms with van der Waals surface area (Å²) in [7, 11) is 0. The third-order valence-electron chi connectivity index (χ3n) is 11.2. The SMILES string of the molecule is Cc1ccccc1COC1(C(F)(F)F)CC2CCC(C1)N2CCCn1c(=O)nc2n(c1=O)CCCC2.O=C(O)C(=O)O.O=c1nc2n(c(=O)n1CCCBr)CCCC2. The zero-order chi connectivity index (χ0) is 42.2. The number of ether oxygens (including phenoxy) is 1. The highest BCUT2D eigenvalue weighted by Crippen LogP contribution is 2.50. The van der Waals surface area contributed by atoms with Crippen LogP contribution in [0.1, 0.15) is 87.0 Å². The van der Waals surface area contributed by atoms with E-state index in [0.717, 1.165) is 55.0 Å². The second kappa shape index (κ2) is 19.5. The third-order valence-corrected chi connectivity index (χ3v) is 11.8. The standard InChI is InChI=1S/C26H33F3N4O3.C10H14BrN3O2.C2H2O4/c1-18-7-2-3-8-19(18)17-36-25(26(27,28)29)15-20-10-11-21(16-25)31(20)13-6-14-33-23(34)30-22-9-4-5-12-32(22)24(33)35;11-5-3-7-14-9(15)12-8-4-1-2-6-13(8)10(14)16;3-1(4)2(5)6/h2-3,7-8,20-21H,4-6,9-17H2,1H3;1-7H2;(H,3,4)(H,5,6). The molecular weight excluding hydrogens is 835 g/mol. The van der Waals surface area contributed by atoms with Crippen molar-refractivity contribution in [2.75, 3.05) is 11.9 Å². The maximum Gasteiger partial charge on any atom is 0.417 e. The van der Waals surface area contributed by atoms with Crippen molar-refractivity contribution in [2.24, 2.45) is 0 Å². The Morgan fingerprint density at radius 1 is 0.810 bits per heavy atom. The van der Waals surface area contributed by atoms with Crippen molar-refractivity contribution < 1.29 is 37.7 Å². The highest BCUT2D eigenvalue weighted by Gasteiger charge is 2.62. The van der Waals surface area contributed by atoms with Gasteiger partial charge in [0.25, 0.3) is 0 Å². The fraction of sp³-hybridized carbons (Fsp3) is 0.632. The first-order chi connectivity index (χ1) is 27.6. The summed E-state index contributed by atoms with van der Waals surface area (Å²) in [6.45, 7) is 4.26. The molecule has 0 radical (unpaired) electrons. The van der Waals surface area contributed by atoms with E-state index in [-0.39, 0.29) is 49.5 Å². The summed E-state index contributed by atoms with van der Waals surface area (Å²) >= 11 is 3.29. The molecule has 6 heterocycles. The summed E-state index contributed by atoms with van der Waals surface area (Å²) < 4.78 is 54.5.